The SMILES string of the molecule is COc1ccc(-c2cc(C(=O)Nc3ccc(F)c(-c4cn(C5CC(Sc6ccccc6)C5)nn4)c3)c3ccccc3n2)cc1. The molecule has 0 bridgehead atoms. The van der Waals surface area contributed by atoms with Gasteiger partial charge in [-0.05, 0) is 79.6 Å². The van der Waals surface area contributed by atoms with Crippen LogP contribution >= 0.6 is 11.8 Å². The highest BCUT2D eigenvalue weighted by Gasteiger charge is 2.32. The zero-order chi connectivity index (χ0) is 30.0. The van der Waals surface area contributed by atoms with Crippen molar-refractivity contribution in [2.75, 3.05) is 12.4 Å². The normalized spacial score (nSPS) is 16.0. The molecule has 2 heterocycles. The van der Waals surface area contributed by atoms with E-state index in [2.05, 4.69) is 27.8 Å². The number of carbonyl (C=O) groups is 1. The van der Waals surface area contributed by atoms with Gasteiger partial charge < -0.3 is 10.1 Å². The molecule has 6 aromatic rings. The lowest BCUT2D eigenvalue weighted by atomic mass is 9.92. The molecule has 9 heteroatoms. The number of rotatable bonds is 8. The Morgan fingerprint density at radius 3 is 2.50 bits per heavy atom. The number of nitrogens with zero attached hydrogens (tertiary/aromatic N) is 4. The summed E-state index contributed by atoms with van der Waals surface area (Å²) < 4.78 is 22.1. The number of para-hydroxylation sites is 1. The van der Waals surface area contributed by atoms with E-state index in [0.717, 1.165) is 29.5 Å². The lowest BCUT2D eigenvalue weighted by molar-refractivity contribution is 0.102. The van der Waals surface area contributed by atoms with Gasteiger partial charge in [0.25, 0.3) is 5.91 Å². The number of pyridine rings is 1. The van der Waals surface area contributed by atoms with E-state index in [1.165, 1.54) is 11.0 Å². The molecule has 7 rings (SSSR count). The van der Waals surface area contributed by atoms with Gasteiger partial charge in [-0.3, -0.25) is 4.79 Å². The molecule has 44 heavy (non-hydrogen) atoms. The lowest BCUT2D eigenvalue weighted by Crippen LogP contribution is -2.29. The second-order valence-electron chi connectivity index (χ2n) is 10.7. The zero-order valence-corrected chi connectivity index (χ0v) is 24.7. The standard InChI is InChI=1S/C35H28FN5O2S/c1-43-25-14-11-22(12-15-25)33-20-29(28-9-5-6-10-32(28)38-33)35(42)37-23-13-16-31(36)30(17-23)34-21-41(40-39-34)24-18-27(19-24)44-26-7-3-2-4-8-26/h2-17,20-21,24,27H,18-19H2,1H3,(H,37,42). The number of benzene rings is 4. The summed E-state index contributed by atoms with van der Waals surface area (Å²) in [7, 11) is 1.62. The number of ether oxygens (including phenoxy) is 1. The van der Waals surface area contributed by atoms with Gasteiger partial charge in [-0.15, -0.1) is 16.9 Å². The number of anilines is 1. The highest BCUT2D eigenvalue weighted by Crippen LogP contribution is 2.43. The molecule has 1 saturated carbocycles. The minimum atomic E-state index is -0.433. The van der Waals surface area contributed by atoms with E-state index in [1.54, 1.807) is 31.5 Å². The number of hydrogen-bond acceptors (Lipinski definition) is 6. The average molecular weight is 602 g/mol. The van der Waals surface area contributed by atoms with E-state index in [1.807, 2.05) is 83.2 Å². The number of thioether (sulfide) groups is 1. The largest absolute Gasteiger partial charge is 0.497 e. The summed E-state index contributed by atoms with van der Waals surface area (Å²) in [4.78, 5) is 19.7. The van der Waals surface area contributed by atoms with Crippen molar-refractivity contribution in [3.05, 3.63) is 121 Å². The number of hydrogen-bond donors (Lipinski definition) is 1. The van der Waals surface area contributed by atoms with Crippen LogP contribution in [-0.2, 0) is 0 Å². The van der Waals surface area contributed by atoms with Gasteiger partial charge in [0.2, 0.25) is 0 Å². The monoisotopic (exact) mass is 601 g/mol. The Hall–Kier alpha value is -5.02. The highest BCUT2D eigenvalue weighted by molar-refractivity contribution is 8.00. The number of halogens is 1. The highest BCUT2D eigenvalue weighted by atomic mass is 32.2. The second-order valence-corrected chi connectivity index (χ2v) is 12.1. The second kappa shape index (κ2) is 11.9. The van der Waals surface area contributed by atoms with Crippen LogP contribution in [0, 0.1) is 5.82 Å². The summed E-state index contributed by atoms with van der Waals surface area (Å²) in [6, 6.07) is 31.9. The summed E-state index contributed by atoms with van der Waals surface area (Å²) in [5, 5.41) is 12.8. The van der Waals surface area contributed by atoms with Crippen molar-refractivity contribution in [1.29, 1.82) is 0 Å². The van der Waals surface area contributed by atoms with Crippen LogP contribution in [0.5, 0.6) is 5.75 Å². The molecule has 0 saturated heterocycles. The fraction of sp³-hybridized carbons (Fsp3) is 0.143. The van der Waals surface area contributed by atoms with Crippen molar-refractivity contribution in [3.8, 4) is 28.3 Å². The molecule has 0 aliphatic heterocycles. The lowest BCUT2D eigenvalue weighted by Gasteiger charge is -2.34. The minimum absolute atomic E-state index is 0.225. The number of nitrogens with one attached hydrogen (secondary N) is 1. The van der Waals surface area contributed by atoms with Gasteiger partial charge in [0.15, 0.2) is 0 Å². The topological polar surface area (TPSA) is 81.9 Å². The Labute approximate surface area is 258 Å². The Kier molecular flexibility index (Phi) is 7.54. The quantitative estimate of drug-likeness (QED) is 0.190. The van der Waals surface area contributed by atoms with Crippen molar-refractivity contribution < 1.29 is 13.9 Å². The van der Waals surface area contributed by atoms with Crippen LogP contribution < -0.4 is 10.1 Å². The average Bonchev–Trinajstić information content (AvgIpc) is 3.53. The molecule has 0 unspecified atom stereocenters. The predicted octanol–water partition coefficient (Wildman–Crippen LogP) is 8.06. The van der Waals surface area contributed by atoms with Crippen molar-refractivity contribution in [1.82, 2.24) is 20.0 Å². The zero-order valence-electron chi connectivity index (χ0n) is 23.9. The number of methoxy groups -OCH3 is 1. The van der Waals surface area contributed by atoms with E-state index >= 15 is 4.39 Å². The maximum atomic E-state index is 15.0. The molecule has 0 spiro atoms. The first-order valence-electron chi connectivity index (χ1n) is 14.3. The summed E-state index contributed by atoms with van der Waals surface area (Å²) in [6.07, 6.45) is 3.73. The van der Waals surface area contributed by atoms with E-state index in [4.69, 9.17) is 9.72 Å². The van der Waals surface area contributed by atoms with Gasteiger partial charge >= 0.3 is 0 Å². The van der Waals surface area contributed by atoms with E-state index in [0.29, 0.717) is 33.4 Å². The van der Waals surface area contributed by atoms with Crippen LogP contribution in [0.15, 0.2) is 114 Å². The molecular weight excluding hydrogens is 573 g/mol. The van der Waals surface area contributed by atoms with Crippen LogP contribution in [0.4, 0.5) is 10.1 Å². The van der Waals surface area contributed by atoms with Gasteiger partial charge in [0.05, 0.1) is 36.1 Å². The van der Waals surface area contributed by atoms with Gasteiger partial charge in [-0.2, -0.15) is 0 Å². The Morgan fingerprint density at radius 1 is 0.932 bits per heavy atom. The molecule has 1 N–H and O–H groups in total. The summed E-state index contributed by atoms with van der Waals surface area (Å²) in [5.41, 5.74) is 3.84. The van der Waals surface area contributed by atoms with Crippen molar-refractivity contribution in [2.24, 2.45) is 0 Å². The maximum absolute atomic E-state index is 15.0. The van der Waals surface area contributed by atoms with Crippen LogP contribution in [0.3, 0.4) is 0 Å². The van der Waals surface area contributed by atoms with Gasteiger partial charge in [0, 0.05) is 32.3 Å². The van der Waals surface area contributed by atoms with Crippen LogP contribution in [0.1, 0.15) is 29.2 Å². The minimum Gasteiger partial charge on any atom is -0.497 e. The molecule has 1 aliphatic rings. The first-order valence-corrected chi connectivity index (χ1v) is 15.2. The number of carbonyl (C=O) groups excluding carboxylic acids is 1. The fourth-order valence-electron chi connectivity index (χ4n) is 5.39. The van der Waals surface area contributed by atoms with Crippen molar-refractivity contribution >= 4 is 34.3 Å². The Bertz CT molecular complexity index is 1960. The third kappa shape index (κ3) is 5.66. The van der Waals surface area contributed by atoms with Gasteiger partial charge in [-0.25, -0.2) is 14.1 Å². The Morgan fingerprint density at radius 2 is 1.70 bits per heavy atom. The fourth-order valence-corrected chi connectivity index (χ4v) is 6.73. The molecule has 1 amide bonds. The van der Waals surface area contributed by atoms with Crippen LogP contribution in [0.25, 0.3) is 33.4 Å². The predicted molar refractivity (Wildman–Crippen MR) is 171 cm³/mol. The van der Waals surface area contributed by atoms with E-state index in [9.17, 15) is 4.79 Å². The molecule has 0 atom stereocenters. The molecule has 2 aromatic heterocycles. The molecule has 1 fully saturated rings. The number of fused-ring (bicyclic) bond motifs is 1. The van der Waals surface area contributed by atoms with Crippen molar-refractivity contribution in [2.45, 2.75) is 29.0 Å². The first kappa shape index (κ1) is 27.8. The van der Waals surface area contributed by atoms with Gasteiger partial charge in [0.1, 0.15) is 17.3 Å². The van der Waals surface area contributed by atoms with Gasteiger partial charge in [-0.1, -0.05) is 41.6 Å². The third-order valence-electron chi connectivity index (χ3n) is 7.85. The van der Waals surface area contributed by atoms with E-state index in [-0.39, 0.29) is 17.5 Å². The molecular formula is C35H28FN5O2S. The number of amides is 1. The summed E-state index contributed by atoms with van der Waals surface area (Å²) in [5.74, 6) is -0.0214. The van der Waals surface area contributed by atoms with E-state index < -0.39 is 5.82 Å². The smallest absolute Gasteiger partial charge is 0.256 e. The number of aromatic nitrogens is 4. The molecule has 0 radical (unpaired) electrons. The molecule has 4 aromatic carbocycles. The summed E-state index contributed by atoms with van der Waals surface area (Å²) >= 11 is 1.87. The molecule has 7 nitrogen and oxygen atoms in total. The summed E-state index contributed by atoms with van der Waals surface area (Å²) in [6.45, 7) is 0. The first-order chi connectivity index (χ1) is 21.5. The van der Waals surface area contributed by atoms with Crippen molar-refractivity contribution in [3.63, 3.8) is 0 Å². The third-order valence-corrected chi connectivity index (χ3v) is 9.11. The molecule has 1 aliphatic carbocycles. The Balaban J connectivity index is 1.10. The maximum Gasteiger partial charge on any atom is 0.256 e. The van der Waals surface area contributed by atoms with Crippen LogP contribution in [-0.4, -0.2) is 38.2 Å². The molecule has 218 valence electrons. The van der Waals surface area contributed by atoms with Crippen LogP contribution in [0.2, 0.25) is 0 Å².